The highest BCUT2D eigenvalue weighted by Crippen LogP contribution is 2.27. The Morgan fingerprint density at radius 1 is 1.24 bits per heavy atom. The number of fused-ring (bicyclic) bond motifs is 1. The summed E-state index contributed by atoms with van der Waals surface area (Å²) in [6.07, 6.45) is 5.82. The van der Waals surface area contributed by atoms with Crippen LogP contribution in [0.3, 0.4) is 0 Å². The number of nitrogens with one attached hydrogen (secondary N) is 1. The van der Waals surface area contributed by atoms with Crippen LogP contribution < -0.4 is 5.32 Å². The molecular formula is C19H22N4O2. The number of aromatic nitrogens is 3. The van der Waals surface area contributed by atoms with Crippen molar-refractivity contribution in [2.45, 2.75) is 51.6 Å². The van der Waals surface area contributed by atoms with E-state index in [0.717, 1.165) is 29.4 Å². The van der Waals surface area contributed by atoms with Crippen LogP contribution in [-0.2, 0) is 11.3 Å². The third-order valence-electron chi connectivity index (χ3n) is 4.83. The van der Waals surface area contributed by atoms with E-state index in [4.69, 9.17) is 4.42 Å². The predicted molar refractivity (Wildman–Crippen MR) is 95.0 cm³/mol. The van der Waals surface area contributed by atoms with Gasteiger partial charge in [-0.15, -0.1) is 10.2 Å². The van der Waals surface area contributed by atoms with Crippen LogP contribution in [0.5, 0.6) is 0 Å². The van der Waals surface area contributed by atoms with Crippen molar-refractivity contribution < 1.29 is 9.21 Å². The maximum atomic E-state index is 12.6. The Labute approximate surface area is 146 Å². The van der Waals surface area contributed by atoms with Crippen molar-refractivity contribution in [1.82, 2.24) is 20.1 Å². The van der Waals surface area contributed by atoms with E-state index in [2.05, 4.69) is 15.5 Å². The summed E-state index contributed by atoms with van der Waals surface area (Å²) in [5.41, 5.74) is 1.77. The number of hydrogen-bond donors (Lipinski definition) is 1. The summed E-state index contributed by atoms with van der Waals surface area (Å²) in [7, 11) is 0. The largest absolute Gasteiger partial charge is 0.420 e. The molecule has 1 fully saturated rings. The second kappa shape index (κ2) is 6.70. The van der Waals surface area contributed by atoms with E-state index in [1.54, 1.807) is 6.92 Å². The average molecular weight is 338 g/mol. The van der Waals surface area contributed by atoms with Gasteiger partial charge in [0.25, 0.3) is 5.89 Å². The Kier molecular flexibility index (Phi) is 4.26. The van der Waals surface area contributed by atoms with E-state index in [9.17, 15) is 4.79 Å². The van der Waals surface area contributed by atoms with Gasteiger partial charge in [-0.1, -0.05) is 37.5 Å². The Morgan fingerprint density at radius 2 is 2.04 bits per heavy atom. The first-order valence-corrected chi connectivity index (χ1v) is 8.89. The minimum absolute atomic E-state index is 0.0331. The van der Waals surface area contributed by atoms with Crippen LogP contribution in [0.25, 0.3) is 22.5 Å². The van der Waals surface area contributed by atoms with Crippen molar-refractivity contribution in [2.75, 3.05) is 0 Å². The minimum atomic E-state index is 0.0331. The highest BCUT2D eigenvalue weighted by molar-refractivity contribution is 5.88. The van der Waals surface area contributed by atoms with Gasteiger partial charge < -0.3 is 14.3 Å². The van der Waals surface area contributed by atoms with Crippen molar-refractivity contribution in [3.05, 3.63) is 36.2 Å². The molecule has 6 heteroatoms. The molecule has 1 amide bonds. The molecule has 0 bridgehead atoms. The maximum Gasteiger partial charge on any atom is 0.264 e. The van der Waals surface area contributed by atoms with Gasteiger partial charge in [0.1, 0.15) is 12.2 Å². The van der Waals surface area contributed by atoms with Crippen molar-refractivity contribution in [3.8, 4) is 11.6 Å². The van der Waals surface area contributed by atoms with Crippen molar-refractivity contribution >= 4 is 16.8 Å². The molecule has 0 radical (unpaired) electrons. The van der Waals surface area contributed by atoms with Gasteiger partial charge in [-0.05, 0) is 25.0 Å². The third-order valence-corrected chi connectivity index (χ3v) is 4.83. The third kappa shape index (κ3) is 3.29. The summed E-state index contributed by atoms with van der Waals surface area (Å²) in [5, 5.41) is 12.3. The van der Waals surface area contributed by atoms with E-state index in [1.165, 1.54) is 19.3 Å². The quantitative estimate of drug-likeness (QED) is 0.791. The predicted octanol–water partition coefficient (Wildman–Crippen LogP) is 3.45. The molecular weight excluding hydrogens is 316 g/mol. The topological polar surface area (TPSA) is 73.0 Å². The lowest BCUT2D eigenvalue weighted by Crippen LogP contribution is -2.38. The number of carbonyl (C=O) groups is 1. The van der Waals surface area contributed by atoms with E-state index >= 15 is 0 Å². The van der Waals surface area contributed by atoms with Crippen LogP contribution in [-0.4, -0.2) is 26.7 Å². The molecule has 0 unspecified atom stereocenters. The Bertz CT molecular complexity index is 890. The van der Waals surface area contributed by atoms with E-state index in [0.29, 0.717) is 17.8 Å². The van der Waals surface area contributed by atoms with Gasteiger partial charge in [-0.3, -0.25) is 4.79 Å². The van der Waals surface area contributed by atoms with Crippen molar-refractivity contribution in [2.24, 2.45) is 0 Å². The summed E-state index contributed by atoms with van der Waals surface area (Å²) in [6.45, 7) is 2.01. The summed E-state index contributed by atoms with van der Waals surface area (Å²) in [6, 6.07) is 10.3. The highest BCUT2D eigenvalue weighted by atomic mass is 16.4. The van der Waals surface area contributed by atoms with Crippen molar-refractivity contribution in [1.29, 1.82) is 0 Å². The number of para-hydroxylation sites is 1. The second-order valence-electron chi connectivity index (χ2n) is 6.70. The highest BCUT2D eigenvalue weighted by Gasteiger charge is 2.20. The van der Waals surface area contributed by atoms with Crippen LogP contribution in [0.1, 0.15) is 38.0 Å². The molecule has 0 atom stereocenters. The normalized spacial score (nSPS) is 15.6. The Balaban J connectivity index is 1.64. The molecule has 0 saturated heterocycles. The average Bonchev–Trinajstić information content (AvgIpc) is 3.20. The molecule has 4 rings (SSSR count). The first kappa shape index (κ1) is 15.9. The number of nitrogens with zero attached hydrogens (tertiary/aromatic N) is 3. The van der Waals surface area contributed by atoms with E-state index in [1.807, 2.05) is 34.9 Å². The van der Waals surface area contributed by atoms with Crippen LogP contribution in [0.2, 0.25) is 0 Å². The molecule has 2 aromatic heterocycles. The Morgan fingerprint density at radius 3 is 2.80 bits per heavy atom. The lowest BCUT2D eigenvalue weighted by atomic mass is 9.95. The van der Waals surface area contributed by atoms with Gasteiger partial charge >= 0.3 is 0 Å². The Hall–Kier alpha value is -2.63. The van der Waals surface area contributed by atoms with E-state index in [-0.39, 0.29) is 12.5 Å². The minimum Gasteiger partial charge on any atom is -0.420 e. The smallest absolute Gasteiger partial charge is 0.264 e. The monoisotopic (exact) mass is 338 g/mol. The molecule has 1 aliphatic rings. The fourth-order valence-electron chi connectivity index (χ4n) is 3.62. The summed E-state index contributed by atoms with van der Waals surface area (Å²) in [4.78, 5) is 12.6. The number of amides is 1. The molecule has 0 aliphatic heterocycles. The van der Waals surface area contributed by atoms with Gasteiger partial charge in [-0.2, -0.15) is 0 Å². The number of rotatable bonds is 4. The molecule has 1 aromatic carbocycles. The molecule has 3 aromatic rings. The first-order chi connectivity index (χ1) is 12.2. The van der Waals surface area contributed by atoms with Crippen LogP contribution in [0.15, 0.2) is 34.7 Å². The zero-order valence-corrected chi connectivity index (χ0v) is 14.4. The van der Waals surface area contributed by atoms with Gasteiger partial charge in [0, 0.05) is 23.9 Å². The van der Waals surface area contributed by atoms with Crippen LogP contribution in [0, 0.1) is 6.92 Å². The molecule has 25 heavy (non-hydrogen) atoms. The fourth-order valence-corrected chi connectivity index (χ4v) is 3.62. The lowest BCUT2D eigenvalue weighted by molar-refractivity contribution is -0.122. The fraction of sp³-hybridized carbons (Fsp3) is 0.421. The molecule has 6 nitrogen and oxygen atoms in total. The van der Waals surface area contributed by atoms with Crippen LogP contribution in [0.4, 0.5) is 0 Å². The number of hydrogen-bond acceptors (Lipinski definition) is 4. The van der Waals surface area contributed by atoms with Crippen molar-refractivity contribution in [3.63, 3.8) is 0 Å². The molecule has 0 spiro atoms. The second-order valence-corrected chi connectivity index (χ2v) is 6.70. The molecule has 1 saturated carbocycles. The van der Waals surface area contributed by atoms with E-state index < -0.39 is 0 Å². The first-order valence-electron chi connectivity index (χ1n) is 8.89. The summed E-state index contributed by atoms with van der Waals surface area (Å²) >= 11 is 0. The SMILES string of the molecule is Cc1nnc(-c2cc3ccccc3n2CC(=O)NC2CCCCC2)o1. The number of benzene rings is 1. The zero-order valence-electron chi connectivity index (χ0n) is 14.4. The van der Waals surface area contributed by atoms with Gasteiger partial charge in [0.2, 0.25) is 11.8 Å². The summed E-state index contributed by atoms with van der Waals surface area (Å²) in [5.74, 6) is 0.989. The maximum absolute atomic E-state index is 12.6. The van der Waals surface area contributed by atoms with Gasteiger partial charge in [0.05, 0.1) is 0 Å². The van der Waals surface area contributed by atoms with Crippen LogP contribution >= 0.6 is 0 Å². The lowest BCUT2D eigenvalue weighted by Gasteiger charge is -2.23. The van der Waals surface area contributed by atoms with Gasteiger partial charge in [0.15, 0.2) is 0 Å². The molecule has 130 valence electrons. The molecule has 1 N–H and O–H groups in total. The standard InChI is InChI=1S/C19H22N4O2/c1-13-21-22-19(25-13)17-11-14-7-5-6-10-16(14)23(17)12-18(24)20-15-8-3-2-4-9-15/h5-7,10-11,15H,2-4,8-9,12H2,1H3,(H,20,24). The van der Waals surface area contributed by atoms with Gasteiger partial charge in [-0.25, -0.2) is 0 Å². The molecule has 2 heterocycles. The number of carbonyl (C=O) groups excluding carboxylic acids is 1. The summed E-state index contributed by atoms with van der Waals surface area (Å²) < 4.78 is 7.56. The number of aryl methyl sites for hydroxylation is 1. The zero-order chi connectivity index (χ0) is 17.2. The molecule has 1 aliphatic carbocycles.